The quantitative estimate of drug-likeness (QED) is 0.741. The van der Waals surface area contributed by atoms with Gasteiger partial charge in [-0.1, -0.05) is 36.4 Å². The predicted octanol–water partition coefficient (Wildman–Crippen LogP) is 3.97. The summed E-state index contributed by atoms with van der Waals surface area (Å²) in [4.78, 5) is 13.6. The molecule has 31 heavy (non-hydrogen) atoms. The first-order chi connectivity index (χ1) is 14.5. The van der Waals surface area contributed by atoms with Crippen LogP contribution in [-0.4, -0.2) is 60.3 Å². The van der Waals surface area contributed by atoms with Gasteiger partial charge in [-0.25, -0.2) is 4.79 Å². The van der Waals surface area contributed by atoms with Crippen molar-refractivity contribution in [2.75, 3.05) is 27.2 Å². The van der Waals surface area contributed by atoms with E-state index in [0.29, 0.717) is 6.04 Å². The summed E-state index contributed by atoms with van der Waals surface area (Å²) in [6.45, 7) is 4.23. The Labute approximate surface area is 181 Å². The Morgan fingerprint density at radius 3 is 2.03 bits per heavy atom. The van der Waals surface area contributed by atoms with Gasteiger partial charge in [0.15, 0.2) is 0 Å². The molecule has 0 spiro atoms. The monoisotopic (exact) mass is 437 g/mol. The zero-order valence-corrected chi connectivity index (χ0v) is 17.9. The minimum Gasteiger partial charge on any atom is -0.475 e. The highest BCUT2D eigenvalue weighted by Gasteiger charge is 2.38. The minimum absolute atomic E-state index is 0.395. The molecule has 0 atom stereocenters. The summed E-state index contributed by atoms with van der Waals surface area (Å²) in [5.74, 6) is -2.76. The zero-order chi connectivity index (χ0) is 23.0. The van der Waals surface area contributed by atoms with Gasteiger partial charge in [-0.2, -0.15) is 13.2 Å². The standard InChI is InChI=1S/C21H29N3.C2HF3O2/c1-23(2)15-17-5-3-7-19(13-17)20-8-4-6-18(14-20)16-24-11-9-21(22)10-12-24;3-2(4,5)1(6)7/h3-8,13-14,21H,9-12,15-16,22H2,1-2H3;(H,6,7). The summed E-state index contributed by atoms with van der Waals surface area (Å²) in [5.41, 5.74) is 11.4. The van der Waals surface area contributed by atoms with Crippen LogP contribution in [0.5, 0.6) is 0 Å². The maximum atomic E-state index is 10.6. The number of hydrogen-bond acceptors (Lipinski definition) is 4. The van der Waals surface area contributed by atoms with Crippen LogP contribution >= 0.6 is 0 Å². The zero-order valence-electron chi connectivity index (χ0n) is 17.9. The Kier molecular flexibility index (Phi) is 9.03. The Bertz CT molecular complexity index is 848. The van der Waals surface area contributed by atoms with Crippen molar-refractivity contribution in [3.8, 4) is 11.1 Å². The van der Waals surface area contributed by atoms with E-state index in [9.17, 15) is 13.2 Å². The molecule has 0 aliphatic carbocycles. The smallest absolute Gasteiger partial charge is 0.475 e. The van der Waals surface area contributed by atoms with E-state index in [1.54, 1.807) is 0 Å². The highest BCUT2D eigenvalue weighted by molar-refractivity contribution is 5.73. The third-order valence-electron chi connectivity index (χ3n) is 4.97. The number of nitrogens with zero attached hydrogens (tertiary/aromatic N) is 2. The highest BCUT2D eigenvalue weighted by atomic mass is 19.4. The molecule has 0 aromatic heterocycles. The van der Waals surface area contributed by atoms with Gasteiger partial charge in [0.2, 0.25) is 0 Å². The summed E-state index contributed by atoms with van der Waals surface area (Å²) < 4.78 is 31.7. The lowest BCUT2D eigenvalue weighted by atomic mass is 10.00. The van der Waals surface area contributed by atoms with E-state index in [2.05, 4.69) is 72.4 Å². The number of aliphatic carboxylic acids is 1. The summed E-state index contributed by atoms with van der Waals surface area (Å²) in [5, 5.41) is 7.12. The van der Waals surface area contributed by atoms with Crippen molar-refractivity contribution < 1.29 is 23.1 Å². The highest BCUT2D eigenvalue weighted by Crippen LogP contribution is 2.23. The molecule has 0 saturated carbocycles. The van der Waals surface area contributed by atoms with E-state index >= 15 is 0 Å². The molecule has 1 fully saturated rings. The van der Waals surface area contributed by atoms with Crippen molar-refractivity contribution in [2.45, 2.75) is 38.1 Å². The summed E-state index contributed by atoms with van der Waals surface area (Å²) in [7, 11) is 4.22. The molecule has 0 unspecified atom stereocenters. The molecule has 1 aliphatic heterocycles. The first-order valence-corrected chi connectivity index (χ1v) is 10.2. The lowest BCUT2D eigenvalue weighted by Crippen LogP contribution is -2.39. The molecule has 1 aliphatic rings. The van der Waals surface area contributed by atoms with Gasteiger partial charge >= 0.3 is 12.1 Å². The third-order valence-corrected chi connectivity index (χ3v) is 4.97. The Balaban J connectivity index is 0.000000423. The number of benzene rings is 2. The SMILES string of the molecule is CN(C)Cc1cccc(-c2cccc(CN3CCC(N)CC3)c2)c1.O=C(O)C(F)(F)F. The summed E-state index contributed by atoms with van der Waals surface area (Å²) >= 11 is 0. The van der Waals surface area contributed by atoms with Gasteiger partial charge in [-0.05, 0) is 74.4 Å². The molecule has 5 nitrogen and oxygen atoms in total. The predicted molar refractivity (Wildman–Crippen MR) is 115 cm³/mol. The number of likely N-dealkylation sites (tertiary alicyclic amines) is 1. The van der Waals surface area contributed by atoms with Crippen molar-refractivity contribution in [1.82, 2.24) is 9.80 Å². The van der Waals surface area contributed by atoms with Crippen molar-refractivity contribution in [3.05, 3.63) is 59.7 Å². The molecular weight excluding hydrogens is 407 g/mol. The number of carboxylic acids is 1. The number of carbonyl (C=O) groups is 1. The molecule has 0 radical (unpaired) electrons. The van der Waals surface area contributed by atoms with Crippen molar-refractivity contribution >= 4 is 5.97 Å². The third kappa shape index (κ3) is 8.69. The Morgan fingerprint density at radius 1 is 1.06 bits per heavy atom. The first kappa shape index (κ1) is 24.8. The van der Waals surface area contributed by atoms with Gasteiger partial charge in [0.05, 0.1) is 0 Å². The molecular formula is C23H30F3N3O2. The number of alkyl halides is 3. The van der Waals surface area contributed by atoms with Crippen LogP contribution in [0, 0.1) is 0 Å². The van der Waals surface area contributed by atoms with Crippen LogP contribution in [-0.2, 0) is 17.9 Å². The normalized spacial score (nSPS) is 15.5. The molecule has 0 bridgehead atoms. The minimum atomic E-state index is -5.08. The summed E-state index contributed by atoms with van der Waals surface area (Å²) in [6.07, 6.45) is -2.85. The van der Waals surface area contributed by atoms with E-state index in [0.717, 1.165) is 39.0 Å². The van der Waals surface area contributed by atoms with Gasteiger partial charge in [-0.3, -0.25) is 4.90 Å². The lowest BCUT2D eigenvalue weighted by molar-refractivity contribution is -0.192. The van der Waals surface area contributed by atoms with Crippen LogP contribution in [0.1, 0.15) is 24.0 Å². The molecule has 170 valence electrons. The second-order valence-corrected chi connectivity index (χ2v) is 8.06. The van der Waals surface area contributed by atoms with Crippen LogP contribution < -0.4 is 5.73 Å². The van der Waals surface area contributed by atoms with Crippen LogP contribution in [0.4, 0.5) is 13.2 Å². The fourth-order valence-electron chi connectivity index (χ4n) is 3.43. The molecule has 0 amide bonds. The second-order valence-electron chi connectivity index (χ2n) is 8.06. The molecule has 1 heterocycles. The Morgan fingerprint density at radius 2 is 1.55 bits per heavy atom. The maximum Gasteiger partial charge on any atom is 0.490 e. The number of carboxylic acid groups (broad SMARTS) is 1. The van der Waals surface area contributed by atoms with Crippen LogP contribution in [0.2, 0.25) is 0 Å². The van der Waals surface area contributed by atoms with Crippen LogP contribution in [0.25, 0.3) is 11.1 Å². The maximum absolute atomic E-state index is 10.6. The molecule has 3 N–H and O–H groups in total. The fourth-order valence-corrected chi connectivity index (χ4v) is 3.43. The van der Waals surface area contributed by atoms with Crippen LogP contribution in [0.3, 0.4) is 0 Å². The van der Waals surface area contributed by atoms with Crippen molar-refractivity contribution in [3.63, 3.8) is 0 Å². The largest absolute Gasteiger partial charge is 0.490 e. The van der Waals surface area contributed by atoms with Gasteiger partial charge in [-0.15, -0.1) is 0 Å². The van der Waals surface area contributed by atoms with E-state index < -0.39 is 12.1 Å². The second kappa shape index (κ2) is 11.3. The average molecular weight is 438 g/mol. The Hall–Kier alpha value is -2.42. The van der Waals surface area contributed by atoms with Gasteiger partial charge < -0.3 is 15.7 Å². The molecule has 8 heteroatoms. The fraction of sp³-hybridized carbons (Fsp3) is 0.435. The average Bonchev–Trinajstić information content (AvgIpc) is 2.69. The van der Waals surface area contributed by atoms with E-state index in [1.807, 2.05) is 0 Å². The topological polar surface area (TPSA) is 69.8 Å². The number of hydrogen-bond donors (Lipinski definition) is 2. The van der Waals surface area contributed by atoms with Gasteiger partial charge in [0.25, 0.3) is 0 Å². The van der Waals surface area contributed by atoms with E-state index in [4.69, 9.17) is 15.6 Å². The van der Waals surface area contributed by atoms with Gasteiger partial charge in [0, 0.05) is 19.1 Å². The number of rotatable bonds is 5. The van der Waals surface area contributed by atoms with Crippen LogP contribution in [0.15, 0.2) is 48.5 Å². The lowest BCUT2D eigenvalue weighted by Gasteiger charge is -2.30. The van der Waals surface area contributed by atoms with Gasteiger partial charge in [0.1, 0.15) is 0 Å². The first-order valence-electron chi connectivity index (χ1n) is 10.2. The number of nitrogens with two attached hydrogens (primary N) is 1. The van der Waals surface area contributed by atoms with Crippen molar-refractivity contribution in [2.24, 2.45) is 5.73 Å². The molecule has 1 saturated heterocycles. The molecule has 2 aromatic rings. The number of halogens is 3. The molecule has 3 rings (SSSR count). The molecule has 2 aromatic carbocycles. The van der Waals surface area contributed by atoms with Crippen molar-refractivity contribution in [1.29, 1.82) is 0 Å². The number of piperidine rings is 1. The van der Waals surface area contributed by atoms with E-state index in [-0.39, 0.29) is 0 Å². The van der Waals surface area contributed by atoms with E-state index in [1.165, 1.54) is 22.3 Å². The summed E-state index contributed by atoms with van der Waals surface area (Å²) in [6, 6.07) is 18.2.